The molecule has 0 radical (unpaired) electrons. The summed E-state index contributed by atoms with van der Waals surface area (Å²) >= 11 is 0. The lowest BCUT2D eigenvalue weighted by Crippen LogP contribution is -2.11. The second kappa shape index (κ2) is 7.02. The van der Waals surface area contributed by atoms with E-state index < -0.39 is 0 Å². The van der Waals surface area contributed by atoms with Gasteiger partial charge in [0.15, 0.2) is 11.6 Å². The number of allylic oxidation sites excluding steroid dienone is 2. The number of carbonyl (C=O) groups is 2. The lowest BCUT2D eigenvalue weighted by atomic mass is 9.98. The molecule has 26 heavy (non-hydrogen) atoms. The fourth-order valence-electron chi connectivity index (χ4n) is 3.43. The highest BCUT2D eigenvalue weighted by Crippen LogP contribution is 2.42. The fourth-order valence-corrected chi connectivity index (χ4v) is 3.43. The molecule has 0 bridgehead atoms. The van der Waals surface area contributed by atoms with Gasteiger partial charge >= 0.3 is 0 Å². The SMILES string of the molecule is CCCc1c(C(=O)C=C(C(=O)C2CC2)C2CC2)cnn1-c1ccccc1. The summed E-state index contributed by atoms with van der Waals surface area (Å²) in [5.41, 5.74) is 3.26. The van der Waals surface area contributed by atoms with Crippen LogP contribution in [0.4, 0.5) is 0 Å². The number of rotatable bonds is 8. The third-order valence-electron chi connectivity index (χ3n) is 5.16. The van der Waals surface area contributed by atoms with Crippen molar-refractivity contribution in [2.24, 2.45) is 11.8 Å². The van der Waals surface area contributed by atoms with Crippen molar-refractivity contribution in [1.82, 2.24) is 9.78 Å². The number of ketones is 2. The molecule has 0 N–H and O–H groups in total. The highest BCUT2D eigenvalue weighted by atomic mass is 16.1. The van der Waals surface area contributed by atoms with Crippen LogP contribution in [-0.2, 0) is 11.2 Å². The van der Waals surface area contributed by atoms with Crippen molar-refractivity contribution in [3.63, 3.8) is 0 Å². The van der Waals surface area contributed by atoms with Crippen LogP contribution in [0.15, 0.2) is 48.2 Å². The highest BCUT2D eigenvalue weighted by molar-refractivity contribution is 6.11. The van der Waals surface area contributed by atoms with E-state index in [4.69, 9.17) is 0 Å². The molecule has 4 rings (SSSR count). The van der Waals surface area contributed by atoms with Gasteiger partial charge in [0, 0.05) is 11.5 Å². The molecule has 0 amide bonds. The third-order valence-corrected chi connectivity index (χ3v) is 5.16. The van der Waals surface area contributed by atoms with Crippen molar-refractivity contribution >= 4 is 11.6 Å². The molecule has 2 fully saturated rings. The molecular weight excluding hydrogens is 324 g/mol. The van der Waals surface area contributed by atoms with Gasteiger partial charge in [0.2, 0.25) is 0 Å². The molecule has 0 aliphatic heterocycles. The molecule has 2 saturated carbocycles. The van der Waals surface area contributed by atoms with Gasteiger partial charge in [-0.05, 0) is 56.2 Å². The Labute approximate surface area is 153 Å². The first-order chi connectivity index (χ1) is 12.7. The molecular formula is C22H24N2O2. The molecule has 2 aliphatic rings. The van der Waals surface area contributed by atoms with E-state index in [-0.39, 0.29) is 17.5 Å². The molecule has 0 atom stereocenters. The van der Waals surface area contributed by atoms with E-state index in [1.807, 2.05) is 35.0 Å². The molecule has 2 aromatic rings. The van der Waals surface area contributed by atoms with Crippen LogP contribution in [0, 0.1) is 11.8 Å². The predicted molar refractivity (Wildman–Crippen MR) is 100 cm³/mol. The Balaban J connectivity index is 1.68. The Kier molecular flexibility index (Phi) is 4.58. The lowest BCUT2D eigenvalue weighted by Gasteiger charge is -2.08. The van der Waals surface area contributed by atoms with Gasteiger partial charge in [-0.2, -0.15) is 5.10 Å². The number of para-hydroxylation sites is 1. The summed E-state index contributed by atoms with van der Waals surface area (Å²) in [4.78, 5) is 25.5. The molecule has 1 aromatic heterocycles. The first-order valence-corrected chi connectivity index (χ1v) is 9.61. The van der Waals surface area contributed by atoms with Crippen molar-refractivity contribution in [3.05, 3.63) is 59.4 Å². The van der Waals surface area contributed by atoms with Gasteiger partial charge in [0.05, 0.1) is 23.1 Å². The number of nitrogens with zero attached hydrogens (tertiary/aromatic N) is 2. The average molecular weight is 348 g/mol. The van der Waals surface area contributed by atoms with Crippen LogP contribution in [0.2, 0.25) is 0 Å². The van der Waals surface area contributed by atoms with Crippen molar-refractivity contribution in [1.29, 1.82) is 0 Å². The van der Waals surface area contributed by atoms with Gasteiger partial charge in [-0.25, -0.2) is 4.68 Å². The number of hydrogen-bond acceptors (Lipinski definition) is 3. The van der Waals surface area contributed by atoms with E-state index in [1.54, 1.807) is 12.3 Å². The number of benzene rings is 1. The maximum Gasteiger partial charge on any atom is 0.189 e. The standard InChI is InChI=1S/C22H24N2O2/c1-2-6-20-19(14-23-24(20)17-7-4-3-5-8-17)21(25)13-18(15-9-10-15)22(26)16-11-12-16/h3-5,7-8,13-16H,2,6,9-12H2,1H3. The average Bonchev–Trinajstić information content (AvgIpc) is 3.57. The predicted octanol–water partition coefficient (Wildman–Crippen LogP) is 4.32. The van der Waals surface area contributed by atoms with E-state index in [0.717, 1.165) is 55.5 Å². The fraction of sp³-hybridized carbons (Fsp3) is 0.409. The van der Waals surface area contributed by atoms with Crippen molar-refractivity contribution in [2.75, 3.05) is 0 Å². The molecule has 1 aromatic carbocycles. The summed E-state index contributed by atoms with van der Waals surface area (Å²) in [7, 11) is 0. The van der Waals surface area contributed by atoms with E-state index >= 15 is 0 Å². The number of carbonyl (C=O) groups excluding carboxylic acids is 2. The Bertz CT molecular complexity index is 856. The molecule has 1 heterocycles. The topological polar surface area (TPSA) is 52.0 Å². The highest BCUT2D eigenvalue weighted by Gasteiger charge is 2.38. The third kappa shape index (κ3) is 3.41. The summed E-state index contributed by atoms with van der Waals surface area (Å²) in [6.45, 7) is 2.10. The molecule has 4 heteroatoms. The molecule has 0 unspecified atom stereocenters. The zero-order valence-electron chi connectivity index (χ0n) is 15.1. The minimum absolute atomic E-state index is 0.0773. The summed E-state index contributed by atoms with van der Waals surface area (Å²) < 4.78 is 1.85. The largest absolute Gasteiger partial charge is 0.294 e. The molecule has 0 spiro atoms. The summed E-state index contributed by atoms with van der Waals surface area (Å²) in [6, 6.07) is 9.87. The Morgan fingerprint density at radius 1 is 1.12 bits per heavy atom. The minimum Gasteiger partial charge on any atom is -0.294 e. The Hall–Kier alpha value is -2.49. The van der Waals surface area contributed by atoms with Gasteiger partial charge in [0.1, 0.15) is 0 Å². The Morgan fingerprint density at radius 2 is 1.81 bits per heavy atom. The number of aromatic nitrogens is 2. The number of Topliss-reactive ketones (excluding diaryl/α,β-unsaturated/α-hetero) is 1. The van der Waals surface area contributed by atoms with Crippen molar-refractivity contribution < 1.29 is 9.59 Å². The summed E-state index contributed by atoms with van der Waals surface area (Å²) in [5, 5.41) is 4.47. The van der Waals surface area contributed by atoms with Crippen LogP contribution in [0.3, 0.4) is 0 Å². The molecule has 2 aliphatic carbocycles. The van der Waals surface area contributed by atoms with Crippen LogP contribution in [0.25, 0.3) is 5.69 Å². The number of hydrogen-bond donors (Lipinski definition) is 0. The van der Waals surface area contributed by atoms with Crippen LogP contribution >= 0.6 is 0 Å². The normalized spacial score (nSPS) is 17.3. The maximum atomic E-state index is 13.0. The smallest absolute Gasteiger partial charge is 0.189 e. The maximum absolute atomic E-state index is 13.0. The van der Waals surface area contributed by atoms with Crippen LogP contribution in [0.5, 0.6) is 0 Å². The van der Waals surface area contributed by atoms with E-state index in [1.165, 1.54) is 0 Å². The van der Waals surface area contributed by atoms with Crippen LogP contribution in [0.1, 0.15) is 55.1 Å². The second-order valence-corrected chi connectivity index (χ2v) is 7.38. The quantitative estimate of drug-likeness (QED) is 0.527. The molecule has 4 nitrogen and oxygen atoms in total. The van der Waals surface area contributed by atoms with E-state index in [0.29, 0.717) is 11.5 Å². The van der Waals surface area contributed by atoms with Gasteiger partial charge < -0.3 is 0 Å². The van der Waals surface area contributed by atoms with Crippen molar-refractivity contribution in [3.8, 4) is 5.69 Å². The second-order valence-electron chi connectivity index (χ2n) is 7.38. The van der Waals surface area contributed by atoms with Gasteiger partial charge in [-0.1, -0.05) is 31.5 Å². The zero-order chi connectivity index (χ0) is 18.1. The van der Waals surface area contributed by atoms with Gasteiger partial charge in [-0.3, -0.25) is 9.59 Å². The lowest BCUT2D eigenvalue weighted by molar-refractivity contribution is -0.116. The Morgan fingerprint density at radius 3 is 2.42 bits per heavy atom. The minimum atomic E-state index is -0.0773. The first-order valence-electron chi connectivity index (χ1n) is 9.61. The monoisotopic (exact) mass is 348 g/mol. The van der Waals surface area contributed by atoms with E-state index in [9.17, 15) is 9.59 Å². The molecule has 134 valence electrons. The van der Waals surface area contributed by atoms with Gasteiger partial charge in [-0.15, -0.1) is 0 Å². The summed E-state index contributed by atoms with van der Waals surface area (Å²) in [6.07, 6.45) is 8.99. The van der Waals surface area contributed by atoms with Gasteiger partial charge in [0.25, 0.3) is 0 Å². The first kappa shape index (κ1) is 17.0. The zero-order valence-corrected chi connectivity index (χ0v) is 15.1. The van der Waals surface area contributed by atoms with Crippen LogP contribution < -0.4 is 0 Å². The van der Waals surface area contributed by atoms with Crippen LogP contribution in [-0.4, -0.2) is 21.3 Å². The van der Waals surface area contributed by atoms with E-state index in [2.05, 4.69) is 12.0 Å². The van der Waals surface area contributed by atoms with Crippen molar-refractivity contribution in [2.45, 2.75) is 45.4 Å². The molecule has 0 saturated heterocycles. The summed E-state index contributed by atoms with van der Waals surface area (Å²) in [5.74, 6) is 0.586.